The average molecular weight is 363 g/mol. The molecule has 0 saturated carbocycles. The van der Waals surface area contributed by atoms with Gasteiger partial charge in [0.25, 0.3) is 11.6 Å². The van der Waals surface area contributed by atoms with Gasteiger partial charge in [0.1, 0.15) is 5.01 Å². The van der Waals surface area contributed by atoms with Crippen LogP contribution in [0.1, 0.15) is 29.2 Å². The van der Waals surface area contributed by atoms with E-state index in [0.717, 1.165) is 17.5 Å². The standard InChI is InChI=1S/C15H17N5O4S/c1-9(2)6-13-18-19-15(25-13)17-12(21)8-16-14(22)10-4-3-5-11(7-10)20(23)24/h3-5,7,9H,6,8H2,1-2H3,(H,16,22)(H,17,19,21). The summed E-state index contributed by atoms with van der Waals surface area (Å²) in [4.78, 5) is 33.9. The molecule has 1 aromatic heterocycles. The Kier molecular flexibility index (Phi) is 6.12. The molecule has 9 nitrogen and oxygen atoms in total. The highest BCUT2D eigenvalue weighted by Gasteiger charge is 2.14. The zero-order valence-corrected chi connectivity index (χ0v) is 14.5. The van der Waals surface area contributed by atoms with Crippen molar-refractivity contribution < 1.29 is 14.5 Å². The second-order valence-electron chi connectivity index (χ2n) is 5.64. The van der Waals surface area contributed by atoms with Crippen molar-refractivity contribution in [2.75, 3.05) is 11.9 Å². The summed E-state index contributed by atoms with van der Waals surface area (Å²) in [5, 5.41) is 24.7. The van der Waals surface area contributed by atoms with Crippen LogP contribution in [0.4, 0.5) is 10.8 Å². The lowest BCUT2D eigenvalue weighted by Gasteiger charge is -2.05. The van der Waals surface area contributed by atoms with Crippen molar-refractivity contribution in [3.63, 3.8) is 0 Å². The summed E-state index contributed by atoms with van der Waals surface area (Å²) in [5.41, 5.74) is -0.0826. The molecule has 1 heterocycles. The molecular weight excluding hydrogens is 346 g/mol. The lowest BCUT2D eigenvalue weighted by atomic mass is 10.1. The number of amides is 2. The molecule has 0 fully saturated rings. The van der Waals surface area contributed by atoms with E-state index in [4.69, 9.17) is 0 Å². The first-order chi connectivity index (χ1) is 11.8. The maximum atomic E-state index is 12.0. The van der Waals surface area contributed by atoms with Gasteiger partial charge in [-0.25, -0.2) is 0 Å². The summed E-state index contributed by atoms with van der Waals surface area (Å²) < 4.78 is 0. The van der Waals surface area contributed by atoms with E-state index in [0.29, 0.717) is 11.0 Å². The number of nitro benzene ring substituents is 1. The molecule has 0 atom stereocenters. The lowest BCUT2D eigenvalue weighted by molar-refractivity contribution is -0.384. The molecule has 0 radical (unpaired) electrons. The fraction of sp³-hybridized carbons (Fsp3) is 0.333. The molecule has 2 N–H and O–H groups in total. The van der Waals surface area contributed by atoms with Crippen LogP contribution in [0.5, 0.6) is 0 Å². The molecule has 2 amide bonds. The van der Waals surface area contributed by atoms with Gasteiger partial charge >= 0.3 is 0 Å². The monoisotopic (exact) mass is 363 g/mol. The van der Waals surface area contributed by atoms with E-state index in [-0.39, 0.29) is 17.8 Å². The zero-order valence-electron chi connectivity index (χ0n) is 13.7. The Hall–Kier alpha value is -2.88. The Morgan fingerprint density at radius 2 is 2.08 bits per heavy atom. The van der Waals surface area contributed by atoms with Gasteiger partial charge in [-0.1, -0.05) is 31.3 Å². The fourth-order valence-electron chi connectivity index (χ4n) is 1.92. The Morgan fingerprint density at radius 3 is 2.76 bits per heavy atom. The third-order valence-corrected chi connectivity index (χ3v) is 3.89. The Labute approximate surface area is 147 Å². The number of hydrogen-bond acceptors (Lipinski definition) is 7. The van der Waals surface area contributed by atoms with Crippen molar-refractivity contribution in [3.05, 3.63) is 45.0 Å². The van der Waals surface area contributed by atoms with Crippen LogP contribution in [-0.2, 0) is 11.2 Å². The minimum Gasteiger partial charge on any atom is -0.343 e. The number of nitro groups is 1. The molecule has 0 saturated heterocycles. The molecule has 0 aliphatic rings. The van der Waals surface area contributed by atoms with E-state index in [1.54, 1.807) is 0 Å². The highest BCUT2D eigenvalue weighted by molar-refractivity contribution is 7.15. The molecule has 2 rings (SSSR count). The predicted molar refractivity (Wildman–Crippen MR) is 92.5 cm³/mol. The zero-order chi connectivity index (χ0) is 18.4. The smallest absolute Gasteiger partial charge is 0.270 e. The van der Waals surface area contributed by atoms with Crippen LogP contribution in [-0.4, -0.2) is 33.5 Å². The van der Waals surface area contributed by atoms with Crippen molar-refractivity contribution in [2.45, 2.75) is 20.3 Å². The van der Waals surface area contributed by atoms with Crippen LogP contribution in [0.2, 0.25) is 0 Å². The van der Waals surface area contributed by atoms with Gasteiger partial charge < -0.3 is 5.32 Å². The number of rotatable bonds is 7. The minimum atomic E-state index is -0.590. The first kappa shape index (κ1) is 18.5. The van der Waals surface area contributed by atoms with Crippen LogP contribution in [0.15, 0.2) is 24.3 Å². The number of non-ortho nitro benzene ring substituents is 1. The molecule has 0 unspecified atom stereocenters. The molecule has 0 spiro atoms. The highest BCUT2D eigenvalue weighted by atomic mass is 32.1. The molecule has 2 aromatic rings. The van der Waals surface area contributed by atoms with E-state index < -0.39 is 16.7 Å². The number of carbonyl (C=O) groups excluding carboxylic acids is 2. The molecule has 0 aliphatic carbocycles. The van der Waals surface area contributed by atoms with E-state index in [2.05, 4.69) is 34.7 Å². The molecule has 25 heavy (non-hydrogen) atoms. The van der Waals surface area contributed by atoms with Crippen LogP contribution in [0.3, 0.4) is 0 Å². The first-order valence-electron chi connectivity index (χ1n) is 7.50. The largest absolute Gasteiger partial charge is 0.343 e. The van der Waals surface area contributed by atoms with Crippen LogP contribution in [0, 0.1) is 16.0 Å². The number of anilines is 1. The minimum absolute atomic E-state index is 0.108. The highest BCUT2D eigenvalue weighted by Crippen LogP contribution is 2.18. The average Bonchev–Trinajstić information content (AvgIpc) is 2.98. The first-order valence-corrected chi connectivity index (χ1v) is 8.31. The summed E-state index contributed by atoms with van der Waals surface area (Å²) in [6, 6.07) is 5.28. The van der Waals surface area contributed by atoms with Crippen LogP contribution >= 0.6 is 11.3 Å². The van der Waals surface area contributed by atoms with Gasteiger partial charge in [0.05, 0.1) is 11.5 Å². The van der Waals surface area contributed by atoms with Gasteiger partial charge in [-0.05, 0) is 12.0 Å². The van der Waals surface area contributed by atoms with Gasteiger partial charge in [0.15, 0.2) is 0 Å². The summed E-state index contributed by atoms with van der Waals surface area (Å²) in [6.45, 7) is 3.84. The van der Waals surface area contributed by atoms with E-state index >= 15 is 0 Å². The predicted octanol–water partition coefficient (Wildman–Crippen LogP) is 2.01. The Balaban J connectivity index is 1.87. The molecule has 0 aliphatic heterocycles. The van der Waals surface area contributed by atoms with E-state index in [1.807, 2.05) is 0 Å². The molecular formula is C15H17N5O4S. The number of nitrogens with zero attached hydrogens (tertiary/aromatic N) is 3. The Bertz CT molecular complexity index is 790. The number of benzene rings is 1. The van der Waals surface area contributed by atoms with Crippen molar-refractivity contribution in [1.29, 1.82) is 0 Å². The molecule has 10 heteroatoms. The van der Waals surface area contributed by atoms with Crippen molar-refractivity contribution >= 4 is 34.0 Å². The summed E-state index contributed by atoms with van der Waals surface area (Å²) in [7, 11) is 0. The molecule has 1 aromatic carbocycles. The molecule has 132 valence electrons. The number of nitrogens with one attached hydrogen (secondary N) is 2. The SMILES string of the molecule is CC(C)Cc1nnc(NC(=O)CNC(=O)c2cccc([N+](=O)[O-])c2)s1. The normalized spacial score (nSPS) is 10.5. The maximum Gasteiger partial charge on any atom is 0.270 e. The fourth-order valence-corrected chi connectivity index (χ4v) is 2.89. The van der Waals surface area contributed by atoms with Crippen molar-refractivity contribution in [3.8, 4) is 0 Å². The Morgan fingerprint density at radius 1 is 1.32 bits per heavy atom. The summed E-state index contributed by atoms with van der Waals surface area (Å²) in [6.07, 6.45) is 0.775. The van der Waals surface area contributed by atoms with Gasteiger partial charge in [-0.15, -0.1) is 10.2 Å². The third kappa shape index (κ3) is 5.60. The second-order valence-corrected chi connectivity index (χ2v) is 6.70. The van der Waals surface area contributed by atoms with E-state index in [1.165, 1.54) is 29.5 Å². The number of hydrogen-bond donors (Lipinski definition) is 2. The van der Waals surface area contributed by atoms with Gasteiger partial charge in [0, 0.05) is 24.1 Å². The maximum absolute atomic E-state index is 12.0. The second kappa shape index (κ2) is 8.29. The van der Waals surface area contributed by atoms with Gasteiger partial charge in [-0.3, -0.25) is 25.0 Å². The van der Waals surface area contributed by atoms with Crippen LogP contribution < -0.4 is 10.6 Å². The topological polar surface area (TPSA) is 127 Å². The van der Waals surface area contributed by atoms with Crippen molar-refractivity contribution in [1.82, 2.24) is 15.5 Å². The number of carbonyl (C=O) groups is 2. The number of aromatic nitrogens is 2. The van der Waals surface area contributed by atoms with Gasteiger partial charge in [-0.2, -0.15) is 0 Å². The van der Waals surface area contributed by atoms with Crippen LogP contribution in [0.25, 0.3) is 0 Å². The molecule has 0 bridgehead atoms. The lowest BCUT2D eigenvalue weighted by Crippen LogP contribution is -2.32. The van der Waals surface area contributed by atoms with Crippen molar-refractivity contribution in [2.24, 2.45) is 5.92 Å². The third-order valence-electron chi connectivity index (χ3n) is 3.02. The van der Waals surface area contributed by atoms with E-state index in [9.17, 15) is 19.7 Å². The summed E-state index contributed by atoms with van der Waals surface area (Å²) >= 11 is 1.28. The summed E-state index contributed by atoms with van der Waals surface area (Å²) in [5.74, 6) is -0.589. The quantitative estimate of drug-likeness (QED) is 0.572. The van der Waals surface area contributed by atoms with Gasteiger partial charge in [0.2, 0.25) is 11.0 Å².